The standard InChI is InChI=1S/C23H18O4/c1-25-17-11-7-15(8-12-17)21-19-5-3-4-6-20(19)23(24)27-22(21)16-9-13-18(26-2)14-10-16/h3-14H,1-2H3. The molecule has 4 aromatic rings. The lowest BCUT2D eigenvalue weighted by Gasteiger charge is -2.13. The van der Waals surface area contributed by atoms with E-state index < -0.39 is 0 Å². The zero-order chi connectivity index (χ0) is 18.8. The molecule has 4 heteroatoms. The lowest BCUT2D eigenvalue weighted by atomic mass is 9.95. The average Bonchev–Trinajstić information content (AvgIpc) is 2.74. The second-order valence-electron chi connectivity index (χ2n) is 6.10. The van der Waals surface area contributed by atoms with Crippen LogP contribution in [-0.2, 0) is 0 Å². The Labute approximate surface area is 156 Å². The molecular weight excluding hydrogens is 340 g/mol. The predicted molar refractivity (Wildman–Crippen MR) is 106 cm³/mol. The molecule has 0 radical (unpaired) electrons. The van der Waals surface area contributed by atoms with Crippen LogP contribution in [0.15, 0.2) is 82.0 Å². The van der Waals surface area contributed by atoms with Crippen molar-refractivity contribution in [2.24, 2.45) is 0 Å². The molecule has 0 saturated heterocycles. The van der Waals surface area contributed by atoms with E-state index in [-0.39, 0.29) is 5.63 Å². The van der Waals surface area contributed by atoms with E-state index >= 15 is 0 Å². The fourth-order valence-electron chi connectivity index (χ4n) is 3.19. The van der Waals surface area contributed by atoms with Gasteiger partial charge in [-0.05, 0) is 48.0 Å². The van der Waals surface area contributed by atoms with E-state index in [1.165, 1.54) is 0 Å². The van der Waals surface area contributed by atoms with Crippen molar-refractivity contribution >= 4 is 10.8 Å². The summed E-state index contributed by atoms with van der Waals surface area (Å²) >= 11 is 0. The molecule has 0 amide bonds. The molecule has 0 bridgehead atoms. The highest BCUT2D eigenvalue weighted by Gasteiger charge is 2.17. The van der Waals surface area contributed by atoms with Gasteiger partial charge in [-0.15, -0.1) is 0 Å². The van der Waals surface area contributed by atoms with Gasteiger partial charge in [0.2, 0.25) is 0 Å². The van der Waals surface area contributed by atoms with E-state index in [0.29, 0.717) is 11.1 Å². The summed E-state index contributed by atoms with van der Waals surface area (Å²) in [5.41, 5.74) is 2.28. The van der Waals surface area contributed by atoms with Crippen LogP contribution >= 0.6 is 0 Å². The third-order valence-corrected chi connectivity index (χ3v) is 4.57. The van der Waals surface area contributed by atoms with Crippen LogP contribution in [0.3, 0.4) is 0 Å². The van der Waals surface area contributed by atoms with Crippen LogP contribution in [0.2, 0.25) is 0 Å². The molecule has 0 atom stereocenters. The number of hydrogen-bond acceptors (Lipinski definition) is 4. The molecule has 4 nitrogen and oxygen atoms in total. The van der Waals surface area contributed by atoms with E-state index in [0.717, 1.165) is 33.6 Å². The fraction of sp³-hybridized carbons (Fsp3) is 0.0870. The van der Waals surface area contributed by atoms with Gasteiger partial charge in [0.25, 0.3) is 0 Å². The maximum absolute atomic E-state index is 12.6. The first kappa shape index (κ1) is 16.9. The van der Waals surface area contributed by atoms with Crippen molar-refractivity contribution in [1.82, 2.24) is 0 Å². The van der Waals surface area contributed by atoms with Crippen LogP contribution in [0.25, 0.3) is 33.2 Å². The molecule has 4 rings (SSSR count). The quantitative estimate of drug-likeness (QED) is 0.506. The van der Waals surface area contributed by atoms with E-state index in [4.69, 9.17) is 13.9 Å². The van der Waals surface area contributed by atoms with Gasteiger partial charge in [0.1, 0.15) is 17.3 Å². The molecule has 0 aliphatic rings. The molecule has 0 saturated carbocycles. The molecular formula is C23H18O4. The van der Waals surface area contributed by atoms with Gasteiger partial charge in [-0.25, -0.2) is 4.79 Å². The minimum atomic E-state index is -0.353. The summed E-state index contributed by atoms with van der Waals surface area (Å²) in [6.45, 7) is 0. The molecule has 1 aromatic heterocycles. The zero-order valence-corrected chi connectivity index (χ0v) is 15.1. The van der Waals surface area contributed by atoms with Gasteiger partial charge < -0.3 is 13.9 Å². The molecule has 0 unspecified atom stereocenters. The Morgan fingerprint density at radius 3 is 1.74 bits per heavy atom. The highest BCUT2D eigenvalue weighted by molar-refractivity contribution is 6.01. The van der Waals surface area contributed by atoms with Crippen LogP contribution < -0.4 is 15.1 Å². The maximum atomic E-state index is 12.6. The second kappa shape index (κ2) is 7.00. The van der Waals surface area contributed by atoms with Crippen LogP contribution in [0.1, 0.15) is 0 Å². The van der Waals surface area contributed by atoms with Crippen molar-refractivity contribution in [2.75, 3.05) is 14.2 Å². The van der Waals surface area contributed by atoms with Gasteiger partial charge in [-0.2, -0.15) is 0 Å². The topological polar surface area (TPSA) is 48.7 Å². The summed E-state index contributed by atoms with van der Waals surface area (Å²) in [6.07, 6.45) is 0. The molecule has 0 aliphatic heterocycles. The SMILES string of the molecule is COc1ccc(-c2oc(=O)c3ccccc3c2-c2ccc(OC)cc2)cc1. The molecule has 0 N–H and O–H groups in total. The minimum Gasteiger partial charge on any atom is -0.497 e. The molecule has 134 valence electrons. The third kappa shape index (κ3) is 3.06. The summed E-state index contributed by atoms with van der Waals surface area (Å²) in [6, 6.07) is 22.7. The van der Waals surface area contributed by atoms with Gasteiger partial charge in [0, 0.05) is 16.5 Å². The Morgan fingerprint density at radius 2 is 1.19 bits per heavy atom. The Bertz CT molecular complexity index is 1140. The summed E-state index contributed by atoms with van der Waals surface area (Å²) in [4.78, 5) is 12.6. The highest BCUT2D eigenvalue weighted by atomic mass is 16.5. The number of ether oxygens (including phenoxy) is 2. The van der Waals surface area contributed by atoms with Crippen LogP contribution in [0, 0.1) is 0 Å². The van der Waals surface area contributed by atoms with Gasteiger partial charge in [-0.3, -0.25) is 0 Å². The largest absolute Gasteiger partial charge is 0.497 e. The Hall–Kier alpha value is -3.53. The van der Waals surface area contributed by atoms with Gasteiger partial charge in [0.15, 0.2) is 0 Å². The summed E-state index contributed by atoms with van der Waals surface area (Å²) < 4.78 is 16.3. The Morgan fingerprint density at radius 1 is 0.667 bits per heavy atom. The Kier molecular flexibility index (Phi) is 4.38. The average molecular weight is 358 g/mol. The van der Waals surface area contributed by atoms with Crippen molar-refractivity contribution < 1.29 is 13.9 Å². The number of rotatable bonds is 4. The number of benzene rings is 3. The van der Waals surface area contributed by atoms with Crippen LogP contribution in [0.5, 0.6) is 11.5 Å². The Balaban J connectivity index is 2.03. The molecule has 0 fully saturated rings. The van der Waals surface area contributed by atoms with Crippen molar-refractivity contribution in [3.8, 4) is 33.9 Å². The van der Waals surface area contributed by atoms with E-state index in [1.807, 2.05) is 66.7 Å². The summed E-state index contributed by atoms with van der Waals surface area (Å²) in [5.74, 6) is 2.05. The van der Waals surface area contributed by atoms with Crippen LogP contribution in [0.4, 0.5) is 0 Å². The lowest BCUT2D eigenvalue weighted by Crippen LogP contribution is -2.03. The predicted octanol–water partition coefficient (Wildman–Crippen LogP) is 5.14. The van der Waals surface area contributed by atoms with Gasteiger partial charge in [-0.1, -0.05) is 30.3 Å². The lowest BCUT2D eigenvalue weighted by molar-refractivity contribution is 0.414. The maximum Gasteiger partial charge on any atom is 0.344 e. The first-order valence-corrected chi connectivity index (χ1v) is 8.56. The zero-order valence-electron chi connectivity index (χ0n) is 15.1. The molecule has 27 heavy (non-hydrogen) atoms. The number of methoxy groups -OCH3 is 2. The molecule has 1 heterocycles. The van der Waals surface area contributed by atoms with E-state index in [2.05, 4.69) is 0 Å². The normalized spacial score (nSPS) is 10.7. The van der Waals surface area contributed by atoms with E-state index in [1.54, 1.807) is 20.3 Å². The monoisotopic (exact) mass is 358 g/mol. The summed E-state index contributed by atoms with van der Waals surface area (Å²) in [5, 5.41) is 1.41. The highest BCUT2D eigenvalue weighted by Crippen LogP contribution is 2.37. The first-order valence-electron chi connectivity index (χ1n) is 8.56. The molecule has 3 aromatic carbocycles. The minimum absolute atomic E-state index is 0.353. The van der Waals surface area contributed by atoms with Gasteiger partial charge >= 0.3 is 5.63 Å². The molecule has 0 spiro atoms. The first-order chi connectivity index (χ1) is 13.2. The van der Waals surface area contributed by atoms with Crippen molar-refractivity contribution in [1.29, 1.82) is 0 Å². The van der Waals surface area contributed by atoms with E-state index in [9.17, 15) is 4.79 Å². The second-order valence-corrected chi connectivity index (χ2v) is 6.10. The van der Waals surface area contributed by atoms with Crippen molar-refractivity contribution in [3.05, 3.63) is 83.2 Å². The number of hydrogen-bond donors (Lipinski definition) is 0. The smallest absolute Gasteiger partial charge is 0.344 e. The number of fused-ring (bicyclic) bond motifs is 1. The summed E-state index contributed by atoms with van der Waals surface area (Å²) in [7, 11) is 3.25. The van der Waals surface area contributed by atoms with Gasteiger partial charge in [0.05, 0.1) is 19.6 Å². The molecule has 0 aliphatic carbocycles. The van der Waals surface area contributed by atoms with Crippen molar-refractivity contribution in [2.45, 2.75) is 0 Å². The fourth-order valence-corrected chi connectivity index (χ4v) is 3.19. The van der Waals surface area contributed by atoms with Crippen molar-refractivity contribution in [3.63, 3.8) is 0 Å². The third-order valence-electron chi connectivity index (χ3n) is 4.57. The van der Waals surface area contributed by atoms with Crippen LogP contribution in [-0.4, -0.2) is 14.2 Å².